The smallest absolute Gasteiger partial charge is 0.419 e. The second kappa shape index (κ2) is 9.19. The molecule has 0 spiro atoms. The van der Waals surface area contributed by atoms with Crippen molar-refractivity contribution in [2.75, 3.05) is 19.0 Å². The summed E-state index contributed by atoms with van der Waals surface area (Å²) in [6.07, 6.45) is 0.460. The summed E-state index contributed by atoms with van der Waals surface area (Å²) in [7, 11) is 1.28. The molecule has 2 fully saturated rings. The SMILES string of the molecule is COC(=O)Nc1ccc2c(C3=C(C(F)(F)F)C=NC(NC4CCC(C)NC4)N3)c[nH]c2c1C1CC1. The molecule has 0 radical (unpaired) electrons. The van der Waals surface area contributed by atoms with E-state index in [0.29, 0.717) is 28.2 Å². The van der Waals surface area contributed by atoms with Crippen molar-refractivity contribution in [3.8, 4) is 0 Å². The van der Waals surface area contributed by atoms with E-state index < -0.39 is 24.1 Å². The number of anilines is 1. The average molecular weight is 491 g/mol. The van der Waals surface area contributed by atoms with Gasteiger partial charge >= 0.3 is 12.3 Å². The van der Waals surface area contributed by atoms with Gasteiger partial charge in [0, 0.05) is 53.2 Å². The first-order valence-electron chi connectivity index (χ1n) is 11.8. The molecule has 1 saturated heterocycles. The number of ether oxygens (including phenoxy) is 1. The molecule has 1 amide bonds. The lowest BCUT2D eigenvalue weighted by atomic mass is 9.99. The van der Waals surface area contributed by atoms with Crippen LogP contribution in [-0.4, -0.2) is 55.5 Å². The summed E-state index contributed by atoms with van der Waals surface area (Å²) in [6, 6.07) is 3.97. The fraction of sp³-hybridized carbons (Fsp3) is 0.500. The molecule has 8 nitrogen and oxygen atoms in total. The minimum atomic E-state index is -4.58. The van der Waals surface area contributed by atoms with Crippen LogP contribution < -0.4 is 21.3 Å². The Morgan fingerprint density at radius 2 is 2.00 bits per heavy atom. The molecule has 1 aliphatic carbocycles. The number of piperidine rings is 1. The number of rotatable bonds is 5. The van der Waals surface area contributed by atoms with Crippen LogP contribution in [0.4, 0.5) is 23.7 Å². The highest BCUT2D eigenvalue weighted by atomic mass is 19.4. The third kappa shape index (κ3) is 4.87. The van der Waals surface area contributed by atoms with Crippen molar-refractivity contribution in [2.45, 2.75) is 63.1 Å². The summed E-state index contributed by atoms with van der Waals surface area (Å²) in [5.41, 5.74) is 1.76. The Labute approximate surface area is 200 Å². The third-order valence-corrected chi connectivity index (χ3v) is 6.84. The van der Waals surface area contributed by atoms with E-state index >= 15 is 0 Å². The molecule has 2 aromatic rings. The van der Waals surface area contributed by atoms with Crippen LogP contribution >= 0.6 is 0 Å². The quantitative estimate of drug-likeness (QED) is 0.433. The zero-order valence-corrected chi connectivity index (χ0v) is 19.6. The number of alkyl halides is 3. The maximum absolute atomic E-state index is 14.0. The van der Waals surface area contributed by atoms with E-state index in [1.807, 2.05) is 0 Å². The number of aromatic nitrogens is 1. The van der Waals surface area contributed by atoms with Gasteiger partial charge in [-0.05, 0) is 44.6 Å². The number of benzene rings is 1. The van der Waals surface area contributed by atoms with Gasteiger partial charge in [-0.3, -0.25) is 15.6 Å². The van der Waals surface area contributed by atoms with Gasteiger partial charge in [0.25, 0.3) is 0 Å². The molecule has 1 aromatic heterocycles. The minimum absolute atomic E-state index is 0.0242. The van der Waals surface area contributed by atoms with E-state index in [2.05, 4.69) is 38.2 Å². The largest absolute Gasteiger partial charge is 0.453 e. The number of H-pyrrole nitrogens is 1. The van der Waals surface area contributed by atoms with Crippen molar-refractivity contribution >= 4 is 34.6 Å². The monoisotopic (exact) mass is 490 g/mol. The highest BCUT2D eigenvalue weighted by Crippen LogP contribution is 2.47. The number of methoxy groups -OCH3 is 1. The van der Waals surface area contributed by atoms with Crippen molar-refractivity contribution in [3.63, 3.8) is 0 Å². The zero-order valence-electron chi connectivity index (χ0n) is 19.6. The van der Waals surface area contributed by atoms with Crippen LogP contribution in [0.1, 0.15) is 49.7 Å². The highest BCUT2D eigenvalue weighted by Gasteiger charge is 2.39. The molecule has 11 heteroatoms. The topological polar surface area (TPSA) is 103 Å². The van der Waals surface area contributed by atoms with Gasteiger partial charge in [-0.1, -0.05) is 6.07 Å². The maximum atomic E-state index is 14.0. The van der Waals surface area contributed by atoms with Crippen molar-refractivity contribution in [1.82, 2.24) is 20.9 Å². The Balaban J connectivity index is 1.50. The summed E-state index contributed by atoms with van der Waals surface area (Å²) in [4.78, 5) is 19.1. The van der Waals surface area contributed by atoms with Crippen molar-refractivity contribution in [1.29, 1.82) is 0 Å². The summed E-state index contributed by atoms with van der Waals surface area (Å²) >= 11 is 0. The molecule has 2 aliphatic heterocycles. The molecule has 5 rings (SSSR count). The van der Waals surface area contributed by atoms with Gasteiger partial charge in [-0.25, -0.2) is 4.79 Å². The van der Waals surface area contributed by atoms with Gasteiger partial charge in [0.1, 0.15) is 0 Å². The Morgan fingerprint density at radius 1 is 1.20 bits per heavy atom. The fourth-order valence-corrected chi connectivity index (χ4v) is 4.85. The molecule has 3 heterocycles. The molecule has 1 saturated carbocycles. The Bertz CT molecular complexity index is 1180. The van der Waals surface area contributed by atoms with E-state index in [0.717, 1.165) is 44.0 Å². The number of fused-ring (bicyclic) bond motifs is 1. The van der Waals surface area contributed by atoms with E-state index in [4.69, 9.17) is 4.74 Å². The number of carbonyl (C=O) groups is 1. The Hall–Kier alpha value is -3.05. The van der Waals surface area contributed by atoms with Gasteiger partial charge in [-0.2, -0.15) is 13.2 Å². The van der Waals surface area contributed by atoms with E-state index in [9.17, 15) is 18.0 Å². The van der Waals surface area contributed by atoms with E-state index in [1.54, 1.807) is 18.3 Å². The normalized spacial score (nSPS) is 25.0. The first kappa shape index (κ1) is 23.7. The van der Waals surface area contributed by atoms with Gasteiger partial charge < -0.3 is 20.4 Å². The molecule has 3 unspecified atom stereocenters. The maximum Gasteiger partial charge on any atom is 0.419 e. The Morgan fingerprint density at radius 3 is 2.66 bits per heavy atom. The minimum Gasteiger partial charge on any atom is -0.453 e. The molecule has 35 heavy (non-hydrogen) atoms. The number of hydrogen-bond donors (Lipinski definition) is 5. The standard InChI is InChI=1S/C24H29F3N6O2/c1-12-3-6-14(9-28-12)31-22-30-11-17(24(25,26)27)20(33-22)16-10-29-21-15(16)7-8-18(32-23(34)35-2)19(21)13-4-5-13/h7-8,10-14,22,28-29,31,33H,3-6,9H2,1-2H3,(H,32,34). The van der Waals surface area contributed by atoms with E-state index in [1.165, 1.54) is 7.11 Å². The first-order chi connectivity index (χ1) is 16.7. The van der Waals surface area contributed by atoms with Crippen LogP contribution in [0, 0.1) is 0 Å². The number of nitrogens with one attached hydrogen (secondary N) is 5. The van der Waals surface area contributed by atoms with Crippen LogP contribution in [0.25, 0.3) is 16.6 Å². The van der Waals surface area contributed by atoms with Crippen LogP contribution in [0.2, 0.25) is 0 Å². The van der Waals surface area contributed by atoms with E-state index in [-0.39, 0.29) is 17.7 Å². The van der Waals surface area contributed by atoms with Gasteiger partial charge in [0.2, 0.25) is 0 Å². The van der Waals surface area contributed by atoms with Crippen LogP contribution in [0.15, 0.2) is 28.9 Å². The number of hydrogen-bond acceptors (Lipinski definition) is 6. The van der Waals surface area contributed by atoms with Gasteiger partial charge in [-0.15, -0.1) is 0 Å². The molecule has 5 N–H and O–H groups in total. The van der Waals surface area contributed by atoms with Crippen LogP contribution in [0.3, 0.4) is 0 Å². The predicted octanol–water partition coefficient (Wildman–Crippen LogP) is 4.18. The molecule has 0 bridgehead atoms. The number of carbonyl (C=O) groups excluding carboxylic acids is 1. The van der Waals surface area contributed by atoms with Crippen LogP contribution in [-0.2, 0) is 4.74 Å². The van der Waals surface area contributed by atoms with Gasteiger partial charge in [0.15, 0.2) is 6.29 Å². The molecular formula is C24H29F3N6O2. The van der Waals surface area contributed by atoms with Gasteiger partial charge in [0.05, 0.1) is 23.9 Å². The number of aliphatic imine (C=N–C) groups is 1. The summed E-state index contributed by atoms with van der Waals surface area (Å²) in [5.74, 6) is 0.227. The average Bonchev–Trinajstić information content (AvgIpc) is 3.57. The van der Waals surface area contributed by atoms with Crippen molar-refractivity contribution < 1.29 is 22.7 Å². The first-order valence-corrected chi connectivity index (χ1v) is 11.8. The molecule has 1 aromatic carbocycles. The van der Waals surface area contributed by atoms with Crippen molar-refractivity contribution in [2.24, 2.45) is 4.99 Å². The van der Waals surface area contributed by atoms with Crippen molar-refractivity contribution in [3.05, 3.63) is 35.0 Å². The highest BCUT2D eigenvalue weighted by molar-refractivity contribution is 6.03. The number of aromatic amines is 1. The predicted molar refractivity (Wildman–Crippen MR) is 128 cm³/mol. The lowest BCUT2D eigenvalue weighted by molar-refractivity contribution is -0.0855. The fourth-order valence-electron chi connectivity index (χ4n) is 4.85. The third-order valence-electron chi connectivity index (χ3n) is 6.84. The lowest BCUT2D eigenvalue weighted by Gasteiger charge is -2.33. The second-order valence-electron chi connectivity index (χ2n) is 9.40. The Kier molecular flexibility index (Phi) is 6.22. The summed E-state index contributed by atoms with van der Waals surface area (Å²) < 4.78 is 46.7. The van der Waals surface area contributed by atoms with Crippen LogP contribution in [0.5, 0.6) is 0 Å². The number of allylic oxidation sites excluding steroid dienone is 1. The molecule has 3 atom stereocenters. The summed E-state index contributed by atoms with van der Waals surface area (Å²) in [6.45, 7) is 2.84. The molecule has 3 aliphatic rings. The zero-order chi connectivity index (χ0) is 24.7. The summed E-state index contributed by atoms with van der Waals surface area (Å²) in [5, 5.41) is 13.1. The number of nitrogens with zero attached hydrogens (tertiary/aromatic N) is 1. The number of halogens is 3. The second-order valence-corrected chi connectivity index (χ2v) is 9.40. The lowest BCUT2D eigenvalue weighted by Crippen LogP contribution is -2.54. The number of amides is 1. The molecular weight excluding hydrogens is 461 g/mol. The molecule has 188 valence electrons.